The molecule has 2 N–H and O–H groups in total. The van der Waals surface area contributed by atoms with Crippen LogP contribution in [0.3, 0.4) is 0 Å². The number of ether oxygens (including phenoxy) is 2. The molecule has 0 amide bonds. The molecule has 0 spiro atoms. The third-order valence-corrected chi connectivity index (χ3v) is 4.18. The summed E-state index contributed by atoms with van der Waals surface area (Å²) in [5.41, 5.74) is 0. The van der Waals surface area contributed by atoms with E-state index in [1.54, 1.807) is 6.07 Å². The SMILES string of the molecule is CCOc1ccc(S(=O)(=O)NCCCNC)cc1OCC.Cl. The molecule has 1 rings (SSSR count). The topological polar surface area (TPSA) is 76.7 Å². The van der Waals surface area contributed by atoms with Gasteiger partial charge in [0, 0.05) is 12.6 Å². The molecule has 0 heterocycles. The fourth-order valence-electron chi connectivity index (χ4n) is 1.75. The highest BCUT2D eigenvalue weighted by atomic mass is 35.5. The zero-order chi connectivity index (χ0) is 15.7. The third-order valence-electron chi connectivity index (χ3n) is 2.72. The van der Waals surface area contributed by atoms with Gasteiger partial charge in [-0.25, -0.2) is 13.1 Å². The second kappa shape index (κ2) is 10.7. The first kappa shape index (κ1) is 21.0. The van der Waals surface area contributed by atoms with E-state index in [0.717, 1.165) is 13.0 Å². The Kier molecular flexibility index (Phi) is 10.2. The van der Waals surface area contributed by atoms with E-state index in [-0.39, 0.29) is 17.3 Å². The smallest absolute Gasteiger partial charge is 0.240 e. The summed E-state index contributed by atoms with van der Waals surface area (Å²) >= 11 is 0. The summed E-state index contributed by atoms with van der Waals surface area (Å²) < 4.78 is 37.8. The van der Waals surface area contributed by atoms with E-state index in [1.165, 1.54) is 12.1 Å². The van der Waals surface area contributed by atoms with Crippen LogP contribution >= 0.6 is 12.4 Å². The minimum Gasteiger partial charge on any atom is -0.490 e. The minimum absolute atomic E-state index is 0. The lowest BCUT2D eigenvalue weighted by atomic mass is 10.3. The lowest BCUT2D eigenvalue weighted by Gasteiger charge is -2.13. The number of hydrogen-bond acceptors (Lipinski definition) is 5. The van der Waals surface area contributed by atoms with Crippen molar-refractivity contribution in [3.8, 4) is 11.5 Å². The normalized spacial score (nSPS) is 10.9. The van der Waals surface area contributed by atoms with Crippen LogP contribution in [-0.4, -0.2) is 41.8 Å². The molecule has 0 aliphatic heterocycles. The zero-order valence-electron chi connectivity index (χ0n) is 13.2. The van der Waals surface area contributed by atoms with Crippen molar-refractivity contribution in [3.05, 3.63) is 18.2 Å². The van der Waals surface area contributed by atoms with Crippen LogP contribution in [0.25, 0.3) is 0 Å². The number of sulfonamides is 1. The summed E-state index contributed by atoms with van der Waals surface area (Å²) in [4.78, 5) is 0.180. The van der Waals surface area contributed by atoms with Crippen molar-refractivity contribution in [1.29, 1.82) is 0 Å². The number of halogens is 1. The lowest BCUT2D eigenvalue weighted by molar-refractivity contribution is 0.287. The van der Waals surface area contributed by atoms with E-state index in [0.29, 0.717) is 31.3 Å². The molecule has 0 aliphatic carbocycles. The maximum atomic E-state index is 12.2. The van der Waals surface area contributed by atoms with Gasteiger partial charge in [-0.3, -0.25) is 0 Å². The van der Waals surface area contributed by atoms with E-state index in [1.807, 2.05) is 20.9 Å². The number of benzene rings is 1. The fourth-order valence-corrected chi connectivity index (χ4v) is 2.84. The maximum Gasteiger partial charge on any atom is 0.240 e. The van der Waals surface area contributed by atoms with Crippen molar-refractivity contribution in [3.63, 3.8) is 0 Å². The van der Waals surface area contributed by atoms with Gasteiger partial charge in [0.25, 0.3) is 0 Å². The fraction of sp³-hybridized carbons (Fsp3) is 0.571. The number of rotatable bonds is 10. The molecule has 1 aromatic rings. The molecule has 0 fully saturated rings. The van der Waals surface area contributed by atoms with Crippen LogP contribution in [0.5, 0.6) is 11.5 Å². The van der Waals surface area contributed by atoms with Gasteiger partial charge in [-0.2, -0.15) is 0 Å². The Morgan fingerprint density at radius 1 is 1.05 bits per heavy atom. The molecule has 0 atom stereocenters. The average molecular weight is 353 g/mol. The Labute approximate surface area is 139 Å². The molecule has 8 heteroatoms. The average Bonchev–Trinajstić information content (AvgIpc) is 2.46. The van der Waals surface area contributed by atoms with Gasteiger partial charge in [0.2, 0.25) is 10.0 Å². The first-order valence-corrected chi connectivity index (χ1v) is 8.57. The molecule has 128 valence electrons. The standard InChI is InChI=1S/C14H24N2O4S.ClH/c1-4-19-13-8-7-12(11-14(13)20-5-2)21(17,18)16-10-6-9-15-3;/h7-8,11,15-16H,4-6,9-10H2,1-3H3;1H. The molecule has 0 bridgehead atoms. The summed E-state index contributed by atoms with van der Waals surface area (Å²) in [7, 11) is -1.70. The van der Waals surface area contributed by atoms with Crippen LogP contribution in [0.4, 0.5) is 0 Å². The molecule has 0 aromatic heterocycles. The first-order chi connectivity index (χ1) is 10.0. The summed E-state index contributed by atoms with van der Waals surface area (Å²) in [6.45, 7) is 5.79. The molecule has 0 unspecified atom stereocenters. The molecule has 0 saturated carbocycles. The Morgan fingerprint density at radius 2 is 1.68 bits per heavy atom. The molecule has 1 aromatic carbocycles. The Morgan fingerprint density at radius 3 is 2.27 bits per heavy atom. The summed E-state index contributed by atoms with van der Waals surface area (Å²) in [6.07, 6.45) is 0.727. The van der Waals surface area contributed by atoms with E-state index in [9.17, 15) is 8.42 Å². The van der Waals surface area contributed by atoms with Gasteiger partial charge in [-0.05, 0) is 46.0 Å². The molecule has 0 saturated heterocycles. The molecular weight excluding hydrogens is 328 g/mol. The van der Waals surface area contributed by atoms with Gasteiger partial charge in [0.15, 0.2) is 11.5 Å². The maximum absolute atomic E-state index is 12.2. The van der Waals surface area contributed by atoms with E-state index < -0.39 is 10.0 Å². The molecular formula is C14H25ClN2O4S. The quantitative estimate of drug-likeness (QED) is 0.628. The van der Waals surface area contributed by atoms with Gasteiger partial charge < -0.3 is 14.8 Å². The predicted octanol–water partition coefficient (Wildman–Crippen LogP) is 1.79. The second-order valence-electron chi connectivity index (χ2n) is 4.33. The number of nitrogens with one attached hydrogen (secondary N) is 2. The lowest BCUT2D eigenvalue weighted by Crippen LogP contribution is -2.26. The van der Waals surface area contributed by atoms with Crippen LogP contribution in [0, 0.1) is 0 Å². The zero-order valence-corrected chi connectivity index (χ0v) is 14.9. The number of hydrogen-bond donors (Lipinski definition) is 2. The highest BCUT2D eigenvalue weighted by Gasteiger charge is 2.16. The first-order valence-electron chi connectivity index (χ1n) is 7.09. The van der Waals surface area contributed by atoms with Crippen LogP contribution < -0.4 is 19.5 Å². The van der Waals surface area contributed by atoms with Crippen LogP contribution in [-0.2, 0) is 10.0 Å². The van der Waals surface area contributed by atoms with E-state index >= 15 is 0 Å². The van der Waals surface area contributed by atoms with E-state index in [2.05, 4.69) is 10.0 Å². The van der Waals surface area contributed by atoms with Crippen molar-refractivity contribution >= 4 is 22.4 Å². The van der Waals surface area contributed by atoms with Crippen LogP contribution in [0.1, 0.15) is 20.3 Å². The van der Waals surface area contributed by atoms with Gasteiger partial charge >= 0.3 is 0 Å². The van der Waals surface area contributed by atoms with Crippen molar-refractivity contribution in [2.45, 2.75) is 25.2 Å². The van der Waals surface area contributed by atoms with Gasteiger partial charge in [-0.15, -0.1) is 12.4 Å². The Bertz CT molecular complexity index is 538. The highest BCUT2D eigenvalue weighted by Crippen LogP contribution is 2.30. The molecule has 22 heavy (non-hydrogen) atoms. The summed E-state index contributed by atoms with van der Waals surface area (Å²) in [6, 6.07) is 4.64. The van der Waals surface area contributed by atoms with E-state index in [4.69, 9.17) is 9.47 Å². The summed E-state index contributed by atoms with van der Waals surface area (Å²) in [5.74, 6) is 0.992. The van der Waals surface area contributed by atoms with Gasteiger partial charge in [0.05, 0.1) is 18.1 Å². The minimum atomic E-state index is -3.53. The Hall–Kier alpha value is -1.02. The summed E-state index contributed by atoms with van der Waals surface area (Å²) in [5, 5.41) is 2.97. The molecule has 0 radical (unpaired) electrons. The van der Waals surface area contributed by atoms with Crippen LogP contribution in [0.15, 0.2) is 23.1 Å². The second-order valence-corrected chi connectivity index (χ2v) is 6.10. The van der Waals surface area contributed by atoms with Crippen molar-refractivity contribution in [1.82, 2.24) is 10.0 Å². The third kappa shape index (κ3) is 6.39. The largest absolute Gasteiger partial charge is 0.490 e. The molecule has 0 aliphatic rings. The van der Waals surface area contributed by atoms with Crippen molar-refractivity contribution < 1.29 is 17.9 Å². The molecule has 6 nitrogen and oxygen atoms in total. The monoisotopic (exact) mass is 352 g/mol. The highest BCUT2D eigenvalue weighted by molar-refractivity contribution is 7.89. The predicted molar refractivity (Wildman–Crippen MR) is 89.8 cm³/mol. The van der Waals surface area contributed by atoms with Gasteiger partial charge in [0.1, 0.15) is 0 Å². The Balaban J connectivity index is 0.00000441. The van der Waals surface area contributed by atoms with Crippen molar-refractivity contribution in [2.75, 3.05) is 33.4 Å². The van der Waals surface area contributed by atoms with Gasteiger partial charge in [-0.1, -0.05) is 0 Å². The van der Waals surface area contributed by atoms with Crippen molar-refractivity contribution in [2.24, 2.45) is 0 Å². The van der Waals surface area contributed by atoms with Crippen LogP contribution in [0.2, 0.25) is 0 Å².